The average Bonchev–Trinajstić information content (AvgIpc) is 2.34. The number of ether oxygens (including phenoxy) is 1. The van der Waals surface area contributed by atoms with E-state index >= 15 is 0 Å². The first-order chi connectivity index (χ1) is 7.72. The average molecular weight is 221 g/mol. The standard InChI is InChI=1S/C13H19NO2/c1-16-13(15)10-9-12(14)8-7-11-5-3-2-4-6-11/h2-6,9-10,12-13,15H,7-8,14H2,1H3/b10-9+/t12-,13?/m0/s1. The summed E-state index contributed by atoms with van der Waals surface area (Å²) in [4.78, 5) is 0. The van der Waals surface area contributed by atoms with Crippen molar-refractivity contribution in [3.63, 3.8) is 0 Å². The van der Waals surface area contributed by atoms with Crippen LogP contribution < -0.4 is 5.73 Å². The summed E-state index contributed by atoms with van der Waals surface area (Å²) in [5, 5.41) is 9.13. The van der Waals surface area contributed by atoms with Crippen molar-refractivity contribution in [2.45, 2.75) is 25.2 Å². The van der Waals surface area contributed by atoms with E-state index in [9.17, 15) is 0 Å². The lowest BCUT2D eigenvalue weighted by Crippen LogP contribution is -2.18. The summed E-state index contributed by atoms with van der Waals surface area (Å²) in [6.45, 7) is 0. The second-order valence-electron chi connectivity index (χ2n) is 3.70. The minimum absolute atomic E-state index is 0.0509. The first kappa shape index (κ1) is 12.9. The molecule has 0 radical (unpaired) electrons. The summed E-state index contributed by atoms with van der Waals surface area (Å²) in [7, 11) is 1.45. The second kappa shape index (κ2) is 7.17. The molecule has 3 heteroatoms. The quantitative estimate of drug-likeness (QED) is 0.565. The van der Waals surface area contributed by atoms with Gasteiger partial charge in [0.05, 0.1) is 0 Å². The van der Waals surface area contributed by atoms with Crippen LogP contribution in [0.4, 0.5) is 0 Å². The van der Waals surface area contributed by atoms with Crippen molar-refractivity contribution in [3.8, 4) is 0 Å². The third kappa shape index (κ3) is 5.07. The lowest BCUT2D eigenvalue weighted by atomic mass is 10.1. The molecule has 3 nitrogen and oxygen atoms in total. The smallest absolute Gasteiger partial charge is 0.173 e. The maximum absolute atomic E-state index is 9.13. The highest BCUT2D eigenvalue weighted by Gasteiger charge is 2.00. The van der Waals surface area contributed by atoms with Gasteiger partial charge < -0.3 is 15.6 Å². The van der Waals surface area contributed by atoms with Gasteiger partial charge in [0.15, 0.2) is 6.29 Å². The zero-order valence-corrected chi connectivity index (χ0v) is 9.54. The summed E-state index contributed by atoms with van der Waals surface area (Å²) < 4.78 is 4.68. The number of benzene rings is 1. The van der Waals surface area contributed by atoms with Crippen LogP contribution in [-0.2, 0) is 11.2 Å². The number of aliphatic hydroxyl groups excluding tert-OH is 1. The van der Waals surface area contributed by atoms with Gasteiger partial charge in [0, 0.05) is 13.2 Å². The Hall–Kier alpha value is -1.16. The zero-order chi connectivity index (χ0) is 11.8. The molecule has 0 heterocycles. The first-order valence-electron chi connectivity index (χ1n) is 5.41. The summed E-state index contributed by atoms with van der Waals surface area (Å²) in [5.74, 6) is 0. The zero-order valence-electron chi connectivity index (χ0n) is 9.54. The fraction of sp³-hybridized carbons (Fsp3) is 0.385. The highest BCUT2D eigenvalue weighted by molar-refractivity contribution is 5.15. The highest BCUT2D eigenvalue weighted by atomic mass is 16.6. The predicted octanol–water partition coefficient (Wildman–Crippen LogP) is 1.47. The van der Waals surface area contributed by atoms with Gasteiger partial charge in [-0.2, -0.15) is 0 Å². The minimum atomic E-state index is -0.859. The van der Waals surface area contributed by atoms with Crippen LogP contribution in [0, 0.1) is 0 Å². The Labute approximate surface area is 96.5 Å². The fourth-order valence-electron chi connectivity index (χ4n) is 1.39. The lowest BCUT2D eigenvalue weighted by molar-refractivity contribution is -0.0358. The van der Waals surface area contributed by atoms with Crippen LogP contribution in [0.3, 0.4) is 0 Å². The van der Waals surface area contributed by atoms with Gasteiger partial charge in [-0.25, -0.2) is 0 Å². The molecule has 2 atom stereocenters. The Morgan fingerprint density at radius 1 is 1.31 bits per heavy atom. The Kier molecular flexibility index (Phi) is 5.78. The summed E-state index contributed by atoms with van der Waals surface area (Å²) in [5.41, 5.74) is 7.15. The van der Waals surface area contributed by atoms with E-state index in [0.717, 1.165) is 12.8 Å². The van der Waals surface area contributed by atoms with Gasteiger partial charge in [0.1, 0.15) is 0 Å². The number of aryl methyl sites for hydroxylation is 1. The third-order valence-electron chi connectivity index (χ3n) is 2.37. The molecule has 0 aliphatic heterocycles. The van der Waals surface area contributed by atoms with Crippen molar-refractivity contribution in [2.24, 2.45) is 5.73 Å². The number of aliphatic hydroxyl groups is 1. The van der Waals surface area contributed by atoms with Crippen molar-refractivity contribution >= 4 is 0 Å². The Bertz CT molecular complexity index is 311. The maximum atomic E-state index is 9.13. The molecule has 0 spiro atoms. The maximum Gasteiger partial charge on any atom is 0.173 e. The SMILES string of the molecule is COC(O)/C=C/[C@@H](N)CCc1ccccc1. The second-order valence-corrected chi connectivity index (χ2v) is 3.70. The van der Waals surface area contributed by atoms with E-state index in [1.54, 1.807) is 12.2 Å². The molecule has 1 aromatic rings. The number of nitrogens with two attached hydrogens (primary N) is 1. The topological polar surface area (TPSA) is 55.5 Å². The molecule has 3 N–H and O–H groups in total. The van der Waals surface area contributed by atoms with Gasteiger partial charge >= 0.3 is 0 Å². The van der Waals surface area contributed by atoms with Crippen LogP contribution >= 0.6 is 0 Å². The van der Waals surface area contributed by atoms with E-state index in [0.29, 0.717) is 0 Å². The van der Waals surface area contributed by atoms with Crippen molar-refractivity contribution in [3.05, 3.63) is 48.0 Å². The Morgan fingerprint density at radius 3 is 2.62 bits per heavy atom. The van der Waals surface area contributed by atoms with Gasteiger partial charge in [0.25, 0.3) is 0 Å². The molecule has 0 aliphatic rings. The van der Waals surface area contributed by atoms with Gasteiger partial charge in [-0.15, -0.1) is 0 Å². The Morgan fingerprint density at radius 2 is 2.00 bits per heavy atom. The highest BCUT2D eigenvalue weighted by Crippen LogP contribution is 2.04. The number of hydrogen-bond acceptors (Lipinski definition) is 3. The van der Waals surface area contributed by atoms with Crippen LogP contribution in [0.2, 0.25) is 0 Å². The molecule has 0 saturated heterocycles. The molecule has 1 unspecified atom stereocenters. The van der Waals surface area contributed by atoms with Crippen LogP contribution in [0.5, 0.6) is 0 Å². The third-order valence-corrected chi connectivity index (χ3v) is 2.37. The van der Waals surface area contributed by atoms with E-state index in [4.69, 9.17) is 10.8 Å². The molecule has 88 valence electrons. The molecule has 0 aliphatic carbocycles. The van der Waals surface area contributed by atoms with Crippen LogP contribution in [0.15, 0.2) is 42.5 Å². The molecular formula is C13H19NO2. The van der Waals surface area contributed by atoms with Crippen LogP contribution in [-0.4, -0.2) is 24.5 Å². The van der Waals surface area contributed by atoms with E-state index in [2.05, 4.69) is 16.9 Å². The van der Waals surface area contributed by atoms with E-state index in [1.807, 2.05) is 18.2 Å². The van der Waals surface area contributed by atoms with Crippen molar-refractivity contribution in [2.75, 3.05) is 7.11 Å². The van der Waals surface area contributed by atoms with Gasteiger partial charge in [-0.05, 0) is 24.5 Å². The van der Waals surface area contributed by atoms with Gasteiger partial charge in [-0.3, -0.25) is 0 Å². The summed E-state index contributed by atoms with van der Waals surface area (Å²) >= 11 is 0. The number of rotatable bonds is 6. The van der Waals surface area contributed by atoms with Gasteiger partial charge in [-0.1, -0.05) is 36.4 Å². The molecule has 1 aromatic carbocycles. The van der Waals surface area contributed by atoms with Crippen LogP contribution in [0.25, 0.3) is 0 Å². The van der Waals surface area contributed by atoms with Crippen molar-refractivity contribution in [1.82, 2.24) is 0 Å². The molecular weight excluding hydrogens is 202 g/mol. The summed E-state index contributed by atoms with van der Waals surface area (Å²) in [6, 6.07) is 10.2. The molecule has 0 aromatic heterocycles. The molecule has 0 fully saturated rings. The van der Waals surface area contributed by atoms with E-state index in [-0.39, 0.29) is 6.04 Å². The molecule has 0 amide bonds. The minimum Gasteiger partial charge on any atom is -0.365 e. The molecule has 1 rings (SSSR count). The lowest BCUT2D eigenvalue weighted by Gasteiger charge is -2.07. The first-order valence-corrected chi connectivity index (χ1v) is 5.41. The van der Waals surface area contributed by atoms with Crippen molar-refractivity contribution in [1.29, 1.82) is 0 Å². The number of methoxy groups -OCH3 is 1. The molecule has 0 saturated carbocycles. The fourth-order valence-corrected chi connectivity index (χ4v) is 1.39. The number of hydrogen-bond donors (Lipinski definition) is 2. The summed E-state index contributed by atoms with van der Waals surface area (Å²) in [6.07, 6.45) is 4.28. The normalized spacial score (nSPS) is 15.2. The van der Waals surface area contributed by atoms with E-state index in [1.165, 1.54) is 12.7 Å². The van der Waals surface area contributed by atoms with Crippen molar-refractivity contribution < 1.29 is 9.84 Å². The van der Waals surface area contributed by atoms with Gasteiger partial charge in [0.2, 0.25) is 0 Å². The monoisotopic (exact) mass is 221 g/mol. The Balaban J connectivity index is 2.30. The molecule has 0 bridgehead atoms. The van der Waals surface area contributed by atoms with Crippen LogP contribution in [0.1, 0.15) is 12.0 Å². The molecule has 16 heavy (non-hydrogen) atoms. The van der Waals surface area contributed by atoms with E-state index < -0.39 is 6.29 Å². The largest absolute Gasteiger partial charge is 0.365 e. The predicted molar refractivity (Wildman–Crippen MR) is 64.9 cm³/mol.